The maximum absolute atomic E-state index is 12.7. The highest BCUT2D eigenvalue weighted by Gasteiger charge is 2.34. The van der Waals surface area contributed by atoms with Gasteiger partial charge in [-0.3, -0.25) is 9.69 Å². The zero-order valence-electron chi connectivity index (χ0n) is 14.6. The van der Waals surface area contributed by atoms with Crippen molar-refractivity contribution in [1.29, 1.82) is 0 Å². The summed E-state index contributed by atoms with van der Waals surface area (Å²) in [5, 5.41) is 6.55. The fourth-order valence-corrected chi connectivity index (χ4v) is 3.80. The molecule has 2 N–H and O–H groups in total. The van der Waals surface area contributed by atoms with Crippen molar-refractivity contribution in [3.05, 3.63) is 0 Å². The molecule has 0 aromatic heterocycles. The Morgan fingerprint density at radius 3 is 2.55 bits per heavy atom. The standard InChI is InChI=1S/C17H33N3O2/c1-12(2)16(20-10-13(3)22-14(4)11-20)17(21)19-8-6-15-5-7-18-9-15/h12-16,18H,5-11H2,1-4H3,(H,19,21). The molecule has 4 unspecified atom stereocenters. The lowest BCUT2D eigenvalue weighted by Crippen LogP contribution is -2.57. The van der Waals surface area contributed by atoms with Gasteiger partial charge < -0.3 is 15.4 Å². The number of carbonyl (C=O) groups is 1. The predicted octanol–water partition coefficient (Wildman–Crippen LogP) is 1.24. The minimum Gasteiger partial charge on any atom is -0.373 e. The minimum absolute atomic E-state index is 0.0458. The largest absolute Gasteiger partial charge is 0.373 e. The predicted molar refractivity (Wildman–Crippen MR) is 88.8 cm³/mol. The summed E-state index contributed by atoms with van der Waals surface area (Å²) in [5.41, 5.74) is 0. The molecule has 0 aromatic rings. The Bertz CT molecular complexity index is 346. The molecular formula is C17H33N3O2. The maximum Gasteiger partial charge on any atom is 0.237 e. The van der Waals surface area contributed by atoms with Gasteiger partial charge in [0.2, 0.25) is 5.91 Å². The fourth-order valence-electron chi connectivity index (χ4n) is 3.80. The molecule has 1 amide bonds. The van der Waals surface area contributed by atoms with Gasteiger partial charge in [0.05, 0.1) is 18.2 Å². The molecule has 0 bridgehead atoms. The lowest BCUT2D eigenvalue weighted by molar-refractivity contribution is -0.135. The molecule has 22 heavy (non-hydrogen) atoms. The molecule has 2 fully saturated rings. The number of hydrogen-bond acceptors (Lipinski definition) is 4. The van der Waals surface area contributed by atoms with Crippen molar-refractivity contribution in [3.8, 4) is 0 Å². The van der Waals surface area contributed by atoms with E-state index in [-0.39, 0.29) is 24.2 Å². The molecule has 0 aromatic carbocycles. The summed E-state index contributed by atoms with van der Waals surface area (Å²) < 4.78 is 5.79. The van der Waals surface area contributed by atoms with Crippen LogP contribution in [0.3, 0.4) is 0 Å². The van der Waals surface area contributed by atoms with Gasteiger partial charge in [-0.2, -0.15) is 0 Å². The third-order valence-corrected chi connectivity index (χ3v) is 4.76. The first-order valence-corrected chi connectivity index (χ1v) is 8.85. The van der Waals surface area contributed by atoms with Gasteiger partial charge in [-0.1, -0.05) is 13.8 Å². The van der Waals surface area contributed by atoms with E-state index in [2.05, 4.69) is 43.2 Å². The van der Waals surface area contributed by atoms with Gasteiger partial charge in [-0.25, -0.2) is 0 Å². The third kappa shape index (κ3) is 4.93. The van der Waals surface area contributed by atoms with Crippen molar-refractivity contribution in [3.63, 3.8) is 0 Å². The van der Waals surface area contributed by atoms with E-state index in [1.54, 1.807) is 0 Å². The molecule has 2 heterocycles. The lowest BCUT2D eigenvalue weighted by atomic mass is 9.99. The van der Waals surface area contributed by atoms with Crippen LogP contribution in [-0.4, -0.2) is 61.8 Å². The zero-order chi connectivity index (χ0) is 16.1. The van der Waals surface area contributed by atoms with Crippen LogP contribution in [0.25, 0.3) is 0 Å². The highest BCUT2D eigenvalue weighted by Crippen LogP contribution is 2.19. The molecule has 0 spiro atoms. The topological polar surface area (TPSA) is 53.6 Å². The minimum atomic E-state index is -0.0458. The van der Waals surface area contributed by atoms with E-state index in [4.69, 9.17) is 4.74 Å². The van der Waals surface area contributed by atoms with Crippen molar-refractivity contribution < 1.29 is 9.53 Å². The number of nitrogens with one attached hydrogen (secondary N) is 2. The average molecular weight is 311 g/mol. The summed E-state index contributed by atoms with van der Waals surface area (Å²) in [6.45, 7) is 13.1. The second-order valence-corrected chi connectivity index (χ2v) is 7.34. The Morgan fingerprint density at radius 1 is 1.32 bits per heavy atom. The van der Waals surface area contributed by atoms with Gasteiger partial charge in [0.15, 0.2) is 0 Å². The molecule has 0 radical (unpaired) electrons. The fraction of sp³-hybridized carbons (Fsp3) is 0.941. The molecule has 5 nitrogen and oxygen atoms in total. The van der Waals surface area contributed by atoms with E-state index < -0.39 is 0 Å². The first-order valence-electron chi connectivity index (χ1n) is 8.85. The molecule has 0 saturated carbocycles. The van der Waals surface area contributed by atoms with E-state index >= 15 is 0 Å². The van der Waals surface area contributed by atoms with Crippen LogP contribution >= 0.6 is 0 Å². The number of amides is 1. The number of morpholine rings is 1. The van der Waals surface area contributed by atoms with Crippen LogP contribution in [0.5, 0.6) is 0 Å². The second-order valence-electron chi connectivity index (χ2n) is 7.34. The van der Waals surface area contributed by atoms with Crippen LogP contribution in [0.15, 0.2) is 0 Å². The van der Waals surface area contributed by atoms with Crippen molar-refractivity contribution >= 4 is 5.91 Å². The van der Waals surface area contributed by atoms with Crippen LogP contribution in [0, 0.1) is 11.8 Å². The molecule has 5 heteroatoms. The van der Waals surface area contributed by atoms with Crippen LogP contribution in [0.2, 0.25) is 0 Å². The molecular weight excluding hydrogens is 278 g/mol. The van der Waals surface area contributed by atoms with Crippen molar-refractivity contribution in [2.75, 3.05) is 32.7 Å². The highest BCUT2D eigenvalue weighted by molar-refractivity contribution is 5.82. The zero-order valence-corrected chi connectivity index (χ0v) is 14.6. The molecule has 2 aliphatic rings. The van der Waals surface area contributed by atoms with Crippen LogP contribution < -0.4 is 10.6 Å². The molecule has 2 aliphatic heterocycles. The van der Waals surface area contributed by atoms with Crippen LogP contribution in [0.4, 0.5) is 0 Å². The Kier molecular flexibility index (Phi) is 6.66. The third-order valence-electron chi connectivity index (χ3n) is 4.76. The average Bonchev–Trinajstić information content (AvgIpc) is 2.90. The summed E-state index contributed by atoms with van der Waals surface area (Å²) in [6, 6.07) is -0.0458. The summed E-state index contributed by atoms with van der Waals surface area (Å²) in [5.74, 6) is 1.22. The number of carbonyl (C=O) groups excluding carboxylic acids is 1. The first kappa shape index (κ1) is 17.7. The van der Waals surface area contributed by atoms with Gasteiger partial charge in [0.1, 0.15) is 0 Å². The monoisotopic (exact) mass is 311 g/mol. The maximum atomic E-state index is 12.7. The van der Waals surface area contributed by atoms with E-state index in [1.165, 1.54) is 6.42 Å². The van der Waals surface area contributed by atoms with E-state index in [0.717, 1.165) is 45.1 Å². The number of ether oxygens (including phenoxy) is 1. The first-order chi connectivity index (χ1) is 10.5. The SMILES string of the molecule is CC1CN(C(C(=O)NCCC2CCNC2)C(C)C)CC(C)O1. The van der Waals surface area contributed by atoms with Crippen LogP contribution in [-0.2, 0) is 9.53 Å². The Hall–Kier alpha value is -0.650. The van der Waals surface area contributed by atoms with E-state index in [1.807, 2.05) is 0 Å². The Morgan fingerprint density at radius 2 is 2.00 bits per heavy atom. The van der Waals surface area contributed by atoms with E-state index in [0.29, 0.717) is 5.92 Å². The van der Waals surface area contributed by atoms with Gasteiger partial charge in [-0.15, -0.1) is 0 Å². The smallest absolute Gasteiger partial charge is 0.237 e. The van der Waals surface area contributed by atoms with Gasteiger partial charge in [0, 0.05) is 19.6 Å². The van der Waals surface area contributed by atoms with Crippen molar-refractivity contribution in [2.24, 2.45) is 11.8 Å². The van der Waals surface area contributed by atoms with Gasteiger partial charge in [0.25, 0.3) is 0 Å². The van der Waals surface area contributed by atoms with Crippen molar-refractivity contribution in [2.45, 2.75) is 58.8 Å². The summed E-state index contributed by atoms with van der Waals surface area (Å²) >= 11 is 0. The lowest BCUT2D eigenvalue weighted by Gasteiger charge is -2.41. The Balaban J connectivity index is 1.84. The van der Waals surface area contributed by atoms with Gasteiger partial charge >= 0.3 is 0 Å². The highest BCUT2D eigenvalue weighted by atomic mass is 16.5. The second kappa shape index (κ2) is 8.27. The number of hydrogen-bond donors (Lipinski definition) is 2. The van der Waals surface area contributed by atoms with Crippen LogP contribution in [0.1, 0.15) is 40.5 Å². The number of nitrogens with zero attached hydrogens (tertiary/aromatic N) is 1. The van der Waals surface area contributed by atoms with Gasteiger partial charge in [-0.05, 0) is 51.6 Å². The molecule has 4 atom stereocenters. The quantitative estimate of drug-likeness (QED) is 0.775. The molecule has 2 saturated heterocycles. The number of rotatable bonds is 6. The Labute approximate surface area is 135 Å². The molecule has 0 aliphatic carbocycles. The summed E-state index contributed by atoms with van der Waals surface area (Å²) in [6.07, 6.45) is 2.71. The summed E-state index contributed by atoms with van der Waals surface area (Å²) in [4.78, 5) is 15.0. The normalized spacial score (nSPS) is 31.4. The molecule has 128 valence electrons. The van der Waals surface area contributed by atoms with E-state index in [9.17, 15) is 4.79 Å². The summed E-state index contributed by atoms with van der Waals surface area (Å²) in [7, 11) is 0. The van der Waals surface area contributed by atoms with Crippen molar-refractivity contribution in [1.82, 2.24) is 15.5 Å². The molecule has 2 rings (SSSR count).